The molecule has 0 aliphatic rings. The van der Waals surface area contributed by atoms with Gasteiger partial charge in [0.05, 0.1) is 0 Å². The maximum absolute atomic E-state index is 3.48. The summed E-state index contributed by atoms with van der Waals surface area (Å²) in [6.45, 7) is 5.38. The normalized spacial score (nSPS) is 10.1. The zero-order valence-electron chi connectivity index (χ0n) is 8.23. The minimum Gasteiger partial charge on any atom is -0.385 e. The molecule has 0 aromatic heterocycles. The number of hydrogen-bond acceptors (Lipinski definition) is 1. The van der Waals surface area contributed by atoms with Crippen LogP contribution in [-0.2, 0) is 0 Å². The van der Waals surface area contributed by atoms with Crippen molar-refractivity contribution in [2.75, 3.05) is 11.9 Å². The van der Waals surface area contributed by atoms with Gasteiger partial charge in [-0.25, -0.2) is 0 Å². The van der Waals surface area contributed by atoms with Crippen molar-refractivity contribution in [2.24, 2.45) is 0 Å². The molecule has 0 unspecified atom stereocenters. The highest BCUT2D eigenvalue weighted by atomic mass is 79.9. The fourth-order valence-electron chi connectivity index (χ4n) is 1.16. The van der Waals surface area contributed by atoms with Crippen molar-refractivity contribution >= 4 is 21.6 Å². The van der Waals surface area contributed by atoms with Crippen molar-refractivity contribution in [2.45, 2.75) is 26.7 Å². The molecule has 0 heterocycles. The van der Waals surface area contributed by atoms with Crippen molar-refractivity contribution < 1.29 is 0 Å². The Morgan fingerprint density at radius 1 is 1.38 bits per heavy atom. The molecule has 1 nitrogen and oxygen atoms in total. The lowest BCUT2D eigenvalue weighted by Crippen LogP contribution is -2.00. The number of anilines is 1. The van der Waals surface area contributed by atoms with E-state index in [1.165, 1.54) is 28.6 Å². The topological polar surface area (TPSA) is 12.0 Å². The molecule has 0 atom stereocenters. The first-order valence-electron chi connectivity index (χ1n) is 4.74. The van der Waals surface area contributed by atoms with E-state index in [0.29, 0.717) is 0 Å². The first kappa shape index (κ1) is 10.6. The molecule has 72 valence electrons. The zero-order valence-corrected chi connectivity index (χ0v) is 9.82. The fourth-order valence-corrected chi connectivity index (χ4v) is 1.41. The van der Waals surface area contributed by atoms with E-state index in [4.69, 9.17) is 0 Å². The van der Waals surface area contributed by atoms with E-state index in [0.717, 1.165) is 6.54 Å². The summed E-state index contributed by atoms with van der Waals surface area (Å²) in [6.07, 6.45) is 2.47. The largest absolute Gasteiger partial charge is 0.385 e. The Morgan fingerprint density at radius 2 is 2.15 bits per heavy atom. The quantitative estimate of drug-likeness (QED) is 0.787. The summed E-state index contributed by atoms with van der Waals surface area (Å²) in [4.78, 5) is 0. The molecule has 2 heteroatoms. The molecule has 13 heavy (non-hydrogen) atoms. The van der Waals surface area contributed by atoms with Gasteiger partial charge in [-0.2, -0.15) is 0 Å². The smallest absolute Gasteiger partial charge is 0.0343 e. The number of nitrogens with one attached hydrogen (secondary N) is 1. The Morgan fingerprint density at radius 3 is 2.77 bits per heavy atom. The maximum atomic E-state index is 3.48. The van der Waals surface area contributed by atoms with Gasteiger partial charge in [-0.05, 0) is 37.1 Å². The summed E-state index contributed by atoms with van der Waals surface area (Å²) in [7, 11) is 0. The van der Waals surface area contributed by atoms with Gasteiger partial charge in [0.15, 0.2) is 0 Å². The monoisotopic (exact) mass is 241 g/mol. The number of hydrogen-bond donors (Lipinski definition) is 1. The van der Waals surface area contributed by atoms with Gasteiger partial charge in [-0.1, -0.05) is 29.3 Å². The third kappa shape index (κ3) is 3.39. The lowest BCUT2D eigenvalue weighted by atomic mass is 10.2. The van der Waals surface area contributed by atoms with Gasteiger partial charge in [0.1, 0.15) is 0 Å². The Hall–Kier alpha value is -0.500. The van der Waals surface area contributed by atoms with Gasteiger partial charge >= 0.3 is 0 Å². The molecule has 0 fully saturated rings. The molecular formula is C11H16BrN. The molecule has 0 saturated carbocycles. The number of rotatable bonds is 4. The molecule has 0 aliphatic heterocycles. The molecule has 1 N–H and O–H groups in total. The fraction of sp³-hybridized carbons (Fsp3) is 0.455. The third-order valence-corrected chi connectivity index (χ3v) is 2.91. The van der Waals surface area contributed by atoms with Crippen molar-refractivity contribution in [3.63, 3.8) is 0 Å². The molecule has 1 aromatic carbocycles. The second kappa shape index (κ2) is 5.28. The minimum absolute atomic E-state index is 1.07. The Kier molecular flexibility index (Phi) is 4.29. The van der Waals surface area contributed by atoms with Crippen LogP contribution in [0.2, 0.25) is 0 Å². The van der Waals surface area contributed by atoms with Gasteiger partial charge < -0.3 is 5.32 Å². The van der Waals surface area contributed by atoms with E-state index < -0.39 is 0 Å². The van der Waals surface area contributed by atoms with Crippen LogP contribution in [0.3, 0.4) is 0 Å². The first-order valence-corrected chi connectivity index (χ1v) is 5.53. The van der Waals surface area contributed by atoms with Crippen LogP contribution in [0.4, 0.5) is 5.69 Å². The van der Waals surface area contributed by atoms with Crippen molar-refractivity contribution in [3.05, 3.63) is 28.2 Å². The third-order valence-electron chi connectivity index (χ3n) is 2.02. The Labute approximate surface area is 88.7 Å². The van der Waals surface area contributed by atoms with Crippen LogP contribution in [0.15, 0.2) is 22.7 Å². The van der Waals surface area contributed by atoms with Crippen LogP contribution < -0.4 is 5.32 Å². The van der Waals surface area contributed by atoms with E-state index in [2.05, 4.69) is 53.3 Å². The lowest BCUT2D eigenvalue weighted by Gasteiger charge is -2.06. The van der Waals surface area contributed by atoms with Crippen LogP contribution >= 0.6 is 15.9 Å². The summed E-state index contributed by atoms with van der Waals surface area (Å²) < 4.78 is 1.17. The van der Waals surface area contributed by atoms with Gasteiger partial charge in [0, 0.05) is 16.7 Å². The number of benzene rings is 1. The van der Waals surface area contributed by atoms with E-state index in [9.17, 15) is 0 Å². The summed E-state index contributed by atoms with van der Waals surface area (Å²) in [5, 5.41) is 3.39. The van der Waals surface area contributed by atoms with E-state index >= 15 is 0 Å². The Bertz CT molecular complexity index is 271. The summed E-state index contributed by atoms with van der Waals surface area (Å²) in [5.41, 5.74) is 2.50. The average molecular weight is 242 g/mol. The summed E-state index contributed by atoms with van der Waals surface area (Å²) >= 11 is 3.48. The van der Waals surface area contributed by atoms with E-state index in [1.54, 1.807) is 0 Å². The lowest BCUT2D eigenvalue weighted by molar-refractivity contribution is 0.834. The molecule has 0 spiro atoms. The average Bonchev–Trinajstić information content (AvgIpc) is 2.12. The van der Waals surface area contributed by atoms with Crippen molar-refractivity contribution in [3.8, 4) is 0 Å². The van der Waals surface area contributed by atoms with Crippen LogP contribution in [0.5, 0.6) is 0 Å². The van der Waals surface area contributed by atoms with Gasteiger partial charge in [0.25, 0.3) is 0 Å². The maximum Gasteiger partial charge on any atom is 0.0343 e. The van der Waals surface area contributed by atoms with Crippen molar-refractivity contribution in [1.82, 2.24) is 0 Å². The molecule has 0 aliphatic carbocycles. The molecule has 0 bridgehead atoms. The standard InChI is InChI=1S/C11H16BrN/c1-3-4-7-13-10-5-6-11(12)9(2)8-10/h5-6,8,13H,3-4,7H2,1-2H3. The predicted octanol–water partition coefficient (Wildman–Crippen LogP) is 3.97. The molecule has 0 saturated heterocycles. The van der Waals surface area contributed by atoms with Crippen LogP contribution in [0.1, 0.15) is 25.3 Å². The van der Waals surface area contributed by atoms with Gasteiger partial charge in [-0.3, -0.25) is 0 Å². The summed E-state index contributed by atoms with van der Waals surface area (Å²) in [5.74, 6) is 0. The molecule has 0 radical (unpaired) electrons. The van der Waals surface area contributed by atoms with Crippen LogP contribution in [0.25, 0.3) is 0 Å². The molecular weight excluding hydrogens is 226 g/mol. The highest BCUT2D eigenvalue weighted by molar-refractivity contribution is 9.10. The van der Waals surface area contributed by atoms with Gasteiger partial charge in [-0.15, -0.1) is 0 Å². The highest BCUT2D eigenvalue weighted by Crippen LogP contribution is 2.19. The molecule has 1 aromatic rings. The first-order chi connectivity index (χ1) is 6.24. The van der Waals surface area contributed by atoms with Crippen LogP contribution in [0, 0.1) is 6.92 Å². The number of unbranched alkanes of at least 4 members (excludes halogenated alkanes) is 1. The minimum atomic E-state index is 1.07. The van der Waals surface area contributed by atoms with E-state index in [1.807, 2.05) is 0 Å². The number of aryl methyl sites for hydroxylation is 1. The zero-order chi connectivity index (χ0) is 9.68. The molecule has 0 amide bonds. The number of halogens is 1. The highest BCUT2D eigenvalue weighted by Gasteiger charge is 1.95. The van der Waals surface area contributed by atoms with Crippen LogP contribution in [-0.4, -0.2) is 6.54 Å². The second-order valence-electron chi connectivity index (χ2n) is 3.24. The predicted molar refractivity (Wildman–Crippen MR) is 62.3 cm³/mol. The van der Waals surface area contributed by atoms with E-state index in [-0.39, 0.29) is 0 Å². The van der Waals surface area contributed by atoms with Crippen molar-refractivity contribution in [1.29, 1.82) is 0 Å². The molecule has 1 rings (SSSR count). The Balaban J connectivity index is 2.53. The second-order valence-corrected chi connectivity index (χ2v) is 4.10. The summed E-state index contributed by atoms with van der Waals surface area (Å²) in [6, 6.07) is 6.36. The van der Waals surface area contributed by atoms with Gasteiger partial charge in [0.2, 0.25) is 0 Å². The SMILES string of the molecule is CCCCNc1ccc(Br)c(C)c1.